The van der Waals surface area contributed by atoms with Gasteiger partial charge >= 0.3 is 0 Å². The van der Waals surface area contributed by atoms with Gasteiger partial charge in [-0.3, -0.25) is 9.69 Å². The first-order valence-corrected chi connectivity index (χ1v) is 8.26. The van der Waals surface area contributed by atoms with Gasteiger partial charge in [-0.2, -0.15) is 0 Å². The fourth-order valence-corrected chi connectivity index (χ4v) is 3.49. The van der Waals surface area contributed by atoms with E-state index in [1.807, 2.05) is 6.26 Å². The van der Waals surface area contributed by atoms with Gasteiger partial charge < -0.3 is 0 Å². The second-order valence-corrected chi connectivity index (χ2v) is 7.33. The quantitative estimate of drug-likeness (QED) is 0.603. The van der Waals surface area contributed by atoms with Crippen molar-refractivity contribution >= 4 is 44.2 Å². The summed E-state index contributed by atoms with van der Waals surface area (Å²) in [6.07, 6.45) is 1.76. The molecule has 0 aliphatic carbocycles. The van der Waals surface area contributed by atoms with Crippen molar-refractivity contribution in [3.05, 3.63) is 0 Å². The molecule has 1 saturated heterocycles. The Balaban J connectivity index is 2.21. The Labute approximate surface area is 106 Å². The minimum absolute atomic E-state index is 0.0562. The molecule has 0 spiro atoms. The zero-order valence-electron chi connectivity index (χ0n) is 8.86. The fourth-order valence-electron chi connectivity index (χ4n) is 1.47. The Morgan fingerprint density at radius 3 is 2.71 bits per heavy atom. The number of primary sulfonamides is 1. The zero-order valence-corrected chi connectivity index (χ0v) is 11.3. The van der Waals surface area contributed by atoms with Crippen molar-refractivity contribution in [2.75, 3.05) is 17.7 Å². The molecule has 1 amide bonds. The molecule has 1 aromatic rings. The molecule has 2 N–H and O–H groups in total. The number of hydrogen-bond acceptors (Lipinski definition) is 7. The molecule has 0 aromatic carbocycles. The fraction of sp³-hybridized carbons (Fsp3) is 0.571. The Hall–Kier alpha value is -0.710. The normalized spacial score (nSPS) is 21.2. The lowest BCUT2D eigenvalue weighted by molar-refractivity contribution is -0.117. The van der Waals surface area contributed by atoms with E-state index in [1.54, 1.807) is 0 Å². The first-order chi connectivity index (χ1) is 7.91. The number of aromatic nitrogens is 2. The molecule has 2 rings (SSSR count). The summed E-state index contributed by atoms with van der Waals surface area (Å²) < 4.78 is 23.1. The van der Waals surface area contributed by atoms with Crippen LogP contribution in [0.15, 0.2) is 4.34 Å². The Morgan fingerprint density at radius 2 is 2.24 bits per heavy atom. The molecule has 0 saturated carbocycles. The Bertz CT molecular complexity index is 540. The number of sulfonamides is 1. The van der Waals surface area contributed by atoms with E-state index in [0.717, 1.165) is 4.34 Å². The summed E-state index contributed by atoms with van der Waals surface area (Å²) in [4.78, 5) is 13.0. The number of thioether (sulfide) groups is 1. The topological polar surface area (TPSA) is 106 Å². The molecule has 2 heterocycles. The van der Waals surface area contributed by atoms with Crippen molar-refractivity contribution in [2.24, 2.45) is 5.14 Å². The van der Waals surface area contributed by atoms with Gasteiger partial charge in [0.05, 0.1) is 0 Å². The minimum atomic E-state index is -3.69. The van der Waals surface area contributed by atoms with Crippen LogP contribution in [-0.2, 0) is 14.8 Å². The zero-order chi connectivity index (χ0) is 12.6. The molecule has 10 heteroatoms. The summed E-state index contributed by atoms with van der Waals surface area (Å²) in [5.41, 5.74) is 0. The van der Waals surface area contributed by atoms with Crippen LogP contribution in [-0.4, -0.2) is 42.6 Å². The van der Waals surface area contributed by atoms with Crippen LogP contribution in [0.4, 0.5) is 5.13 Å². The molecule has 17 heavy (non-hydrogen) atoms. The molecule has 1 fully saturated rings. The molecular weight excluding hydrogens is 284 g/mol. The molecule has 7 nitrogen and oxygen atoms in total. The number of anilines is 1. The second-order valence-electron chi connectivity index (χ2n) is 3.47. The predicted octanol–water partition coefficient (Wildman–Crippen LogP) is -0.346. The Kier molecular flexibility index (Phi) is 3.39. The van der Waals surface area contributed by atoms with E-state index in [4.69, 9.17) is 5.14 Å². The molecule has 1 aliphatic rings. The van der Waals surface area contributed by atoms with E-state index in [-0.39, 0.29) is 18.9 Å². The third kappa shape index (κ3) is 2.59. The van der Waals surface area contributed by atoms with Crippen molar-refractivity contribution < 1.29 is 13.2 Å². The lowest BCUT2D eigenvalue weighted by atomic mass is 10.4. The minimum Gasteiger partial charge on any atom is -0.285 e. The first-order valence-electron chi connectivity index (χ1n) is 4.61. The summed E-state index contributed by atoms with van der Waals surface area (Å²) in [5.74, 6) is -0.284. The predicted molar refractivity (Wildman–Crippen MR) is 65.6 cm³/mol. The maximum atomic E-state index is 11.7. The molecule has 1 unspecified atom stereocenters. The number of nitrogens with two attached hydrogens (primary N) is 1. The SMILES string of the molecule is CSc1nnc(N2CC(S(N)(=O)=O)CC2=O)s1. The van der Waals surface area contributed by atoms with Gasteiger partial charge in [-0.05, 0) is 6.26 Å². The van der Waals surface area contributed by atoms with Gasteiger partial charge in [-0.25, -0.2) is 13.6 Å². The van der Waals surface area contributed by atoms with Gasteiger partial charge in [0.1, 0.15) is 5.25 Å². The van der Waals surface area contributed by atoms with Crippen molar-refractivity contribution in [2.45, 2.75) is 16.0 Å². The van der Waals surface area contributed by atoms with Crippen molar-refractivity contribution in [3.8, 4) is 0 Å². The summed E-state index contributed by atoms with van der Waals surface area (Å²) in [6, 6.07) is 0. The number of carbonyl (C=O) groups is 1. The van der Waals surface area contributed by atoms with Crippen LogP contribution in [0.2, 0.25) is 0 Å². The van der Waals surface area contributed by atoms with Crippen molar-refractivity contribution in [1.29, 1.82) is 0 Å². The van der Waals surface area contributed by atoms with Crippen LogP contribution in [0.25, 0.3) is 0 Å². The van der Waals surface area contributed by atoms with Crippen molar-refractivity contribution in [1.82, 2.24) is 10.2 Å². The Morgan fingerprint density at radius 1 is 1.53 bits per heavy atom. The van der Waals surface area contributed by atoms with Crippen LogP contribution in [0.3, 0.4) is 0 Å². The molecule has 1 aliphatic heterocycles. The highest BCUT2D eigenvalue weighted by Gasteiger charge is 2.38. The van der Waals surface area contributed by atoms with E-state index >= 15 is 0 Å². The molecule has 0 bridgehead atoms. The van der Waals surface area contributed by atoms with E-state index < -0.39 is 15.3 Å². The van der Waals surface area contributed by atoms with Gasteiger partial charge in [0.2, 0.25) is 21.1 Å². The van der Waals surface area contributed by atoms with E-state index in [2.05, 4.69) is 10.2 Å². The standard InChI is InChI=1S/C7H10N4O3S3/c1-15-7-10-9-6(16-7)11-3-4(2-5(11)12)17(8,13)14/h4H,2-3H2,1H3,(H2,8,13,14). The van der Waals surface area contributed by atoms with Crippen molar-refractivity contribution in [3.63, 3.8) is 0 Å². The average Bonchev–Trinajstić information content (AvgIpc) is 2.82. The van der Waals surface area contributed by atoms with Gasteiger partial charge in [0.15, 0.2) is 4.34 Å². The summed E-state index contributed by atoms with van der Waals surface area (Å²) in [6.45, 7) is 0.0562. The molecule has 1 atom stereocenters. The maximum absolute atomic E-state index is 11.7. The molecule has 94 valence electrons. The lowest BCUT2D eigenvalue weighted by Gasteiger charge is -2.10. The molecule has 0 radical (unpaired) electrons. The number of carbonyl (C=O) groups excluding carboxylic acids is 1. The highest BCUT2D eigenvalue weighted by molar-refractivity contribution is 8.00. The number of rotatable bonds is 3. The first kappa shape index (κ1) is 12.7. The summed E-state index contributed by atoms with van der Waals surface area (Å²) in [7, 11) is -3.69. The van der Waals surface area contributed by atoms with E-state index in [1.165, 1.54) is 28.0 Å². The van der Waals surface area contributed by atoms with Gasteiger partial charge in [-0.15, -0.1) is 10.2 Å². The lowest BCUT2D eigenvalue weighted by Crippen LogP contribution is -2.32. The second kappa shape index (κ2) is 4.52. The third-order valence-corrected chi connectivity index (χ3v) is 5.52. The highest BCUT2D eigenvalue weighted by Crippen LogP contribution is 2.30. The molecular formula is C7H10N4O3S3. The van der Waals surface area contributed by atoms with Crippen LogP contribution >= 0.6 is 23.1 Å². The largest absolute Gasteiger partial charge is 0.285 e. The average molecular weight is 294 g/mol. The van der Waals surface area contributed by atoms with Crippen LogP contribution in [0, 0.1) is 0 Å². The van der Waals surface area contributed by atoms with Crippen LogP contribution in [0.5, 0.6) is 0 Å². The van der Waals surface area contributed by atoms with Gasteiger partial charge in [-0.1, -0.05) is 23.1 Å². The number of hydrogen-bond donors (Lipinski definition) is 1. The smallest absolute Gasteiger partial charge is 0.230 e. The van der Waals surface area contributed by atoms with Crippen LogP contribution in [0.1, 0.15) is 6.42 Å². The highest BCUT2D eigenvalue weighted by atomic mass is 32.2. The summed E-state index contributed by atoms with van der Waals surface area (Å²) >= 11 is 2.68. The number of nitrogens with zero attached hydrogens (tertiary/aromatic N) is 3. The molecule has 1 aromatic heterocycles. The summed E-state index contributed by atoms with van der Waals surface area (Å²) in [5, 5.41) is 12.3. The monoisotopic (exact) mass is 294 g/mol. The maximum Gasteiger partial charge on any atom is 0.230 e. The van der Waals surface area contributed by atoms with E-state index in [9.17, 15) is 13.2 Å². The van der Waals surface area contributed by atoms with Gasteiger partial charge in [0.25, 0.3) is 0 Å². The van der Waals surface area contributed by atoms with Gasteiger partial charge in [0, 0.05) is 13.0 Å². The van der Waals surface area contributed by atoms with Crippen LogP contribution < -0.4 is 10.0 Å². The third-order valence-electron chi connectivity index (χ3n) is 2.36. The number of amides is 1. The van der Waals surface area contributed by atoms with E-state index in [0.29, 0.717) is 5.13 Å².